The summed E-state index contributed by atoms with van der Waals surface area (Å²) in [4.78, 5) is 11.0. The number of piperidine rings is 1. The van der Waals surface area contributed by atoms with E-state index in [1.54, 1.807) is 18.3 Å². The second-order valence-electron chi connectivity index (χ2n) is 9.84. The van der Waals surface area contributed by atoms with E-state index in [1.807, 2.05) is 45.0 Å². The molecule has 0 saturated carbocycles. The summed E-state index contributed by atoms with van der Waals surface area (Å²) in [5, 5.41) is 16.6. The molecule has 212 valence electrons. The minimum absolute atomic E-state index is 0.0914. The highest BCUT2D eigenvalue weighted by atomic mass is 32.2. The van der Waals surface area contributed by atoms with Crippen LogP contribution in [0.1, 0.15) is 35.9 Å². The third kappa shape index (κ3) is 6.93. The predicted molar refractivity (Wildman–Crippen MR) is 156 cm³/mol. The molecular weight excluding hydrogens is 536 g/mol. The monoisotopic (exact) mass is 574 g/mol. The molecule has 1 saturated heterocycles. The highest BCUT2D eigenvalue weighted by Gasteiger charge is 2.28. The summed E-state index contributed by atoms with van der Waals surface area (Å²) in [6.45, 7) is 9.31. The lowest BCUT2D eigenvalue weighted by Crippen LogP contribution is -2.43. The molecule has 1 unspecified atom stereocenters. The molecule has 1 atom stereocenters. The average molecular weight is 575 g/mol. The van der Waals surface area contributed by atoms with Crippen LogP contribution in [0.15, 0.2) is 24.3 Å². The highest BCUT2D eigenvalue weighted by molar-refractivity contribution is 7.89. The van der Waals surface area contributed by atoms with Crippen molar-refractivity contribution >= 4 is 27.4 Å². The third-order valence-corrected chi connectivity index (χ3v) is 9.67. The van der Waals surface area contributed by atoms with Gasteiger partial charge in [-0.05, 0) is 71.2 Å². The molecule has 3 N–H and O–H groups in total. The van der Waals surface area contributed by atoms with Gasteiger partial charge in [0.1, 0.15) is 24.3 Å². The van der Waals surface area contributed by atoms with Crippen molar-refractivity contribution < 1.29 is 18.3 Å². The van der Waals surface area contributed by atoms with Gasteiger partial charge in [-0.25, -0.2) is 22.7 Å². The maximum Gasteiger partial charge on any atom is 0.213 e. The molecule has 1 aliphatic heterocycles. The first-order chi connectivity index (χ1) is 18.6. The van der Waals surface area contributed by atoms with E-state index >= 15 is 0 Å². The number of rotatable bonds is 11. The van der Waals surface area contributed by atoms with E-state index in [-0.39, 0.29) is 18.4 Å². The zero-order valence-electron chi connectivity index (χ0n) is 23.2. The van der Waals surface area contributed by atoms with E-state index in [2.05, 4.69) is 15.0 Å². The fourth-order valence-corrected chi connectivity index (χ4v) is 6.55. The molecule has 1 aromatic carbocycles. The molecule has 10 nitrogen and oxygen atoms in total. The fraction of sp³-hybridized carbons (Fsp3) is 0.519. The molecule has 3 heterocycles. The van der Waals surface area contributed by atoms with Crippen molar-refractivity contribution in [2.45, 2.75) is 52.7 Å². The van der Waals surface area contributed by atoms with E-state index in [1.165, 1.54) is 11.5 Å². The second kappa shape index (κ2) is 12.7. The average Bonchev–Trinajstić information content (AvgIpc) is 3.26. The molecule has 0 aliphatic carbocycles. The number of aliphatic hydroxyl groups excluding tert-OH is 1. The molecule has 2 aromatic heterocycles. The Morgan fingerprint density at radius 2 is 1.95 bits per heavy atom. The SMILES string of the molecule is CCS(=O)(=O)N1CCC(Nc2nc(-c3cccc(OCC(O)CNC)c3)nc(-c3c(C)nsc3C)c2C)CC1. The van der Waals surface area contributed by atoms with Crippen LogP contribution in [0.2, 0.25) is 0 Å². The number of hydrogen-bond acceptors (Lipinski definition) is 10. The Morgan fingerprint density at radius 3 is 2.59 bits per heavy atom. The molecule has 39 heavy (non-hydrogen) atoms. The summed E-state index contributed by atoms with van der Waals surface area (Å²) in [6.07, 6.45) is 0.778. The molecule has 0 bridgehead atoms. The number of nitrogens with one attached hydrogen (secondary N) is 2. The van der Waals surface area contributed by atoms with Crippen LogP contribution in [0.5, 0.6) is 5.75 Å². The van der Waals surface area contributed by atoms with Crippen molar-refractivity contribution in [1.82, 2.24) is 24.0 Å². The highest BCUT2D eigenvalue weighted by Crippen LogP contribution is 2.35. The molecule has 3 aromatic rings. The number of benzene rings is 1. The van der Waals surface area contributed by atoms with Gasteiger partial charge in [-0.3, -0.25) is 0 Å². The van der Waals surface area contributed by atoms with Crippen molar-refractivity contribution in [3.63, 3.8) is 0 Å². The Balaban J connectivity index is 1.66. The minimum Gasteiger partial charge on any atom is -0.491 e. The van der Waals surface area contributed by atoms with Gasteiger partial charge in [0.2, 0.25) is 10.0 Å². The Morgan fingerprint density at radius 1 is 1.21 bits per heavy atom. The number of likely N-dealkylation sites (N-methyl/N-ethyl adjacent to an activating group) is 1. The van der Waals surface area contributed by atoms with Gasteiger partial charge in [-0.2, -0.15) is 4.37 Å². The zero-order chi connectivity index (χ0) is 28.2. The van der Waals surface area contributed by atoms with Crippen molar-refractivity contribution in [3.05, 3.63) is 40.4 Å². The summed E-state index contributed by atoms with van der Waals surface area (Å²) in [6, 6.07) is 7.64. The van der Waals surface area contributed by atoms with Crippen LogP contribution in [0.4, 0.5) is 5.82 Å². The van der Waals surface area contributed by atoms with Gasteiger partial charge in [0, 0.05) is 47.2 Å². The number of ether oxygens (including phenoxy) is 1. The molecular formula is C27H38N6O4S2. The maximum absolute atomic E-state index is 12.3. The molecule has 0 spiro atoms. The van der Waals surface area contributed by atoms with E-state index in [4.69, 9.17) is 14.7 Å². The van der Waals surface area contributed by atoms with E-state index in [9.17, 15) is 13.5 Å². The largest absolute Gasteiger partial charge is 0.491 e. The van der Waals surface area contributed by atoms with Crippen LogP contribution >= 0.6 is 11.5 Å². The molecule has 0 radical (unpaired) electrons. The molecule has 12 heteroatoms. The summed E-state index contributed by atoms with van der Waals surface area (Å²) < 4.78 is 36.6. The van der Waals surface area contributed by atoms with Gasteiger partial charge in [0.15, 0.2) is 5.82 Å². The van der Waals surface area contributed by atoms with Crippen molar-refractivity contribution in [2.24, 2.45) is 0 Å². The standard InChI is InChI=1S/C27H38N6O4S2/c1-6-39(35,36)33-12-10-21(11-13-33)29-26-17(2)25(24-18(3)32-38-19(24)4)30-27(31-26)20-8-7-9-23(14-20)37-16-22(34)15-28-5/h7-9,14,21-22,28,34H,6,10-13,15-16H2,1-5H3,(H,29,30,31). The first kappa shape index (κ1) is 29.3. The number of aryl methyl sites for hydroxylation is 2. The molecule has 1 aliphatic rings. The number of sulfonamides is 1. The number of hydrogen-bond donors (Lipinski definition) is 3. The van der Waals surface area contributed by atoms with Gasteiger partial charge in [-0.15, -0.1) is 0 Å². The van der Waals surface area contributed by atoms with Crippen LogP contribution in [-0.2, 0) is 10.0 Å². The topological polar surface area (TPSA) is 130 Å². The Hall–Kier alpha value is -2.64. The number of nitrogens with zero attached hydrogens (tertiary/aromatic N) is 4. The third-order valence-electron chi connectivity index (χ3n) is 6.94. The van der Waals surface area contributed by atoms with Gasteiger partial charge < -0.3 is 20.5 Å². The van der Waals surface area contributed by atoms with Crippen LogP contribution in [0.25, 0.3) is 22.6 Å². The fourth-order valence-electron chi connectivity index (χ4n) is 4.72. The van der Waals surface area contributed by atoms with Crippen LogP contribution in [0.3, 0.4) is 0 Å². The van der Waals surface area contributed by atoms with Crippen molar-refractivity contribution in [1.29, 1.82) is 0 Å². The lowest BCUT2D eigenvalue weighted by atomic mass is 10.0. The van der Waals surface area contributed by atoms with Crippen LogP contribution < -0.4 is 15.4 Å². The molecule has 0 amide bonds. The lowest BCUT2D eigenvalue weighted by Gasteiger charge is -2.32. The predicted octanol–water partition coefficient (Wildman–Crippen LogP) is 3.38. The first-order valence-electron chi connectivity index (χ1n) is 13.2. The molecule has 4 rings (SSSR count). The normalized spacial score (nSPS) is 15.8. The first-order valence-corrected chi connectivity index (χ1v) is 15.6. The Bertz CT molecular complexity index is 1370. The number of anilines is 1. The summed E-state index contributed by atoms with van der Waals surface area (Å²) >= 11 is 1.46. The van der Waals surface area contributed by atoms with Crippen molar-refractivity contribution in [2.75, 3.05) is 44.4 Å². The molecule has 1 fully saturated rings. The van der Waals surface area contributed by atoms with Crippen LogP contribution in [-0.4, -0.2) is 83.4 Å². The van der Waals surface area contributed by atoms with Crippen molar-refractivity contribution in [3.8, 4) is 28.4 Å². The summed E-state index contributed by atoms with van der Waals surface area (Å²) in [7, 11) is -1.41. The quantitative estimate of drug-likeness (QED) is 0.316. The van der Waals surface area contributed by atoms with Gasteiger partial charge >= 0.3 is 0 Å². The minimum atomic E-state index is -3.19. The van der Waals surface area contributed by atoms with Gasteiger partial charge in [0.05, 0.1) is 17.1 Å². The maximum atomic E-state index is 12.3. The Kier molecular flexibility index (Phi) is 9.55. The smallest absolute Gasteiger partial charge is 0.213 e. The van der Waals surface area contributed by atoms with Gasteiger partial charge in [0.25, 0.3) is 0 Å². The van der Waals surface area contributed by atoms with Crippen LogP contribution in [0, 0.1) is 20.8 Å². The van der Waals surface area contributed by atoms with E-state index < -0.39 is 16.1 Å². The summed E-state index contributed by atoms with van der Waals surface area (Å²) in [5.74, 6) is 2.02. The Labute approximate surface area is 235 Å². The zero-order valence-corrected chi connectivity index (χ0v) is 24.8. The van der Waals surface area contributed by atoms with E-state index in [0.717, 1.165) is 38.8 Å². The second-order valence-corrected chi connectivity index (χ2v) is 13.1. The number of aliphatic hydroxyl groups is 1. The van der Waals surface area contributed by atoms with Gasteiger partial charge in [-0.1, -0.05) is 12.1 Å². The lowest BCUT2D eigenvalue weighted by molar-refractivity contribution is 0.108. The summed E-state index contributed by atoms with van der Waals surface area (Å²) in [5.41, 5.74) is 4.48. The van der Waals surface area contributed by atoms with E-state index in [0.29, 0.717) is 44.0 Å². The number of aromatic nitrogens is 3.